The Bertz CT molecular complexity index is 341. The van der Waals surface area contributed by atoms with E-state index in [0.717, 1.165) is 25.8 Å². The van der Waals surface area contributed by atoms with Gasteiger partial charge in [-0.3, -0.25) is 9.59 Å². The summed E-state index contributed by atoms with van der Waals surface area (Å²) < 4.78 is 0. The first-order chi connectivity index (χ1) is 8.80. The maximum absolute atomic E-state index is 12.7. The van der Waals surface area contributed by atoms with Crippen molar-refractivity contribution in [1.82, 2.24) is 10.2 Å². The Labute approximate surface area is 116 Å². The molecule has 1 saturated heterocycles. The van der Waals surface area contributed by atoms with E-state index < -0.39 is 0 Å². The highest BCUT2D eigenvalue weighted by Crippen LogP contribution is 2.33. The maximum Gasteiger partial charge on any atom is 0.240 e. The Balaban J connectivity index is 2.81. The van der Waals surface area contributed by atoms with E-state index in [4.69, 9.17) is 0 Å². The van der Waals surface area contributed by atoms with Crippen LogP contribution in [0.1, 0.15) is 53.4 Å². The van der Waals surface area contributed by atoms with E-state index in [9.17, 15) is 9.59 Å². The molecule has 1 heterocycles. The molecule has 0 spiro atoms. The molecule has 0 aromatic carbocycles. The van der Waals surface area contributed by atoms with Crippen LogP contribution in [0.15, 0.2) is 0 Å². The SMILES string of the molecule is CN[C@@H](CC(C)C)C(=O)N1CCC[C@@]1(C)CC(C)=O. The van der Waals surface area contributed by atoms with Gasteiger partial charge in [-0.2, -0.15) is 0 Å². The number of ketones is 1. The van der Waals surface area contributed by atoms with Gasteiger partial charge in [0.2, 0.25) is 5.91 Å². The summed E-state index contributed by atoms with van der Waals surface area (Å²) in [6.07, 6.45) is 3.23. The number of carbonyl (C=O) groups is 2. The Hall–Kier alpha value is -0.900. The Morgan fingerprint density at radius 3 is 2.47 bits per heavy atom. The number of nitrogens with zero attached hydrogens (tertiary/aromatic N) is 1. The van der Waals surface area contributed by atoms with Crippen LogP contribution in [-0.4, -0.2) is 41.8 Å². The third kappa shape index (κ3) is 4.03. The van der Waals surface area contributed by atoms with E-state index in [1.54, 1.807) is 6.92 Å². The minimum absolute atomic E-state index is 0.135. The lowest BCUT2D eigenvalue weighted by Crippen LogP contribution is -2.53. The van der Waals surface area contributed by atoms with Gasteiger partial charge in [0.15, 0.2) is 0 Å². The molecule has 1 N–H and O–H groups in total. The monoisotopic (exact) mass is 268 g/mol. The largest absolute Gasteiger partial charge is 0.336 e. The molecule has 1 fully saturated rings. The summed E-state index contributed by atoms with van der Waals surface area (Å²) in [5.74, 6) is 0.785. The van der Waals surface area contributed by atoms with E-state index in [2.05, 4.69) is 19.2 Å². The molecule has 0 aliphatic carbocycles. The smallest absolute Gasteiger partial charge is 0.240 e. The molecule has 4 heteroatoms. The van der Waals surface area contributed by atoms with Gasteiger partial charge < -0.3 is 10.2 Å². The summed E-state index contributed by atoms with van der Waals surface area (Å²) in [6.45, 7) is 8.67. The average molecular weight is 268 g/mol. The minimum Gasteiger partial charge on any atom is -0.336 e. The average Bonchev–Trinajstić information content (AvgIpc) is 2.65. The number of hydrogen-bond acceptors (Lipinski definition) is 3. The predicted octanol–water partition coefficient (Wildman–Crippen LogP) is 1.98. The molecule has 19 heavy (non-hydrogen) atoms. The molecule has 0 radical (unpaired) electrons. The quantitative estimate of drug-likeness (QED) is 0.801. The maximum atomic E-state index is 12.7. The van der Waals surface area contributed by atoms with Crippen LogP contribution in [0, 0.1) is 5.92 Å². The van der Waals surface area contributed by atoms with Crippen LogP contribution in [0.4, 0.5) is 0 Å². The third-order valence-corrected chi connectivity index (χ3v) is 4.00. The van der Waals surface area contributed by atoms with Gasteiger partial charge in [-0.05, 0) is 46.1 Å². The zero-order valence-electron chi connectivity index (χ0n) is 13.0. The fourth-order valence-electron chi connectivity index (χ4n) is 3.12. The van der Waals surface area contributed by atoms with Gasteiger partial charge in [0.25, 0.3) is 0 Å². The Morgan fingerprint density at radius 1 is 1.37 bits per heavy atom. The highest BCUT2D eigenvalue weighted by atomic mass is 16.2. The highest BCUT2D eigenvalue weighted by Gasteiger charge is 2.42. The first-order valence-corrected chi connectivity index (χ1v) is 7.28. The molecule has 1 amide bonds. The number of Topliss-reactive ketones (excluding diaryl/α,β-unsaturated/α-hetero) is 1. The Kier molecular flexibility index (Phi) is 5.53. The fourth-order valence-corrected chi connectivity index (χ4v) is 3.12. The summed E-state index contributed by atoms with van der Waals surface area (Å²) in [6, 6.07) is -0.135. The van der Waals surface area contributed by atoms with Crippen LogP contribution in [0.2, 0.25) is 0 Å². The van der Waals surface area contributed by atoms with Crippen LogP contribution in [0.25, 0.3) is 0 Å². The molecular weight excluding hydrogens is 240 g/mol. The van der Waals surface area contributed by atoms with E-state index in [-0.39, 0.29) is 23.3 Å². The third-order valence-electron chi connectivity index (χ3n) is 4.00. The molecule has 0 saturated carbocycles. The molecule has 4 nitrogen and oxygen atoms in total. The van der Waals surface area contributed by atoms with Gasteiger partial charge in [0.1, 0.15) is 5.78 Å². The van der Waals surface area contributed by atoms with Gasteiger partial charge in [0, 0.05) is 18.5 Å². The van der Waals surface area contributed by atoms with Crippen molar-refractivity contribution in [2.75, 3.05) is 13.6 Å². The van der Waals surface area contributed by atoms with Crippen molar-refractivity contribution in [1.29, 1.82) is 0 Å². The molecule has 0 unspecified atom stereocenters. The number of hydrogen-bond donors (Lipinski definition) is 1. The second-order valence-corrected chi connectivity index (χ2v) is 6.44. The van der Waals surface area contributed by atoms with Crippen molar-refractivity contribution in [3.63, 3.8) is 0 Å². The van der Waals surface area contributed by atoms with Gasteiger partial charge in [0.05, 0.1) is 6.04 Å². The highest BCUT2D eigenvalue weighted by molar-refractivity contribution is 5.84. The van der Waals surface area contributed by atoms with Crippen LogP contribution in [0.3, 0.4) is 0 Å². The number of amides is 1. The van der Waals surface area contributed by atoms with Crippen molar-refractivity contribution in [2.24, 2.45) is 5.92 Å². The van der Waals surface area contributed by atoms with Crippen molar-refractivity contribution in [2.45, 2.75) is 65.0 Å². The van der Waals surface area contributed by atoms with E-state index >= 15 is 0 Å². The summed E-state index contributed by atoms with van der Waals surface area (Å²) in [7, 11) is 1.84. The number of rotatable bonds is 6. The lowest BCUT2D eigenvalue weighted by molar-refractivity contribution is -0.138. The summed E-state index contributed by atoms with van der Waals surface area (Å²) in [4.78, 5) is 26.0. The molecular formula is C15H28N2O2. The van der Waals surface area contributed by atoms with Crippen LogP contribution in [0.5, 0.6) is 0 Å². The molecule has 110 valence electrons. The van der Waals surface area contributed by atoms with Gasteiger partial charge in [-0.15, -0.1) is 0 Å². The molecule has 0 aromatic heterocycles. The van der Waals surface area contributed by atoms with Crippen molar-refractivity contribution >= 4 is 11.7 Å². The van der Waals surface area contributed by atoms with Gasteiger partial charge in [-0.25, -0.2) is 0 Å². The van der Waals surface area contributed by atoms with Crippen molar-refractivity contribution in [3.05, 3.63) is 0 Å². The Morgan fingerprint density at radius 2 is 2.00 bits per heavy atom. The van der Waals surface area contributed by atoms with Crippen LogP contribution < -0.4 is 5.32 Å². The lowest BCUT2D eigenvalue weighted by Gasteiger charge is -2.37. The zero-order chi connectivity index (χ0) is 14.6. The summed E-state index contributed by atoms with van der Waals surface area (Å²) in [5, 5.41) is 3.13. The molecule has 0 bridgehead atoms. The normalized spacial score (nSPS) is 24.8. The summed E-state index contributed by atoms with van der Waals surface area (Å²) >= 11 is 0. The van der Waals surface area contributed by atoms with Gasteiger partial charge in [-0.1, -0.05) is 13.8 Å². The first-order valence-electron chi connectivity index (χ1n) is 7.28. The zero-order valence-corrected chi connectivity index (χ0v) is 13.0. The number of nitrogens with one attached hydrogen (secondary N) is 1. The number of carbonyl (C=O) groups excluding carboxylic acids is 2. The molecule has 0 aromatic rings. The topological polar surface area (TPSA) is 49.4 Å². The van der Waals surface area contributed by atoms with Crippen LogP contribution >= 0.6 is 0 Å². The van der Waals surface area contributed by atoms with E-state index in [1.807, 2.05) is 18.9 Å². The molecule has 2 atom stereocenters. The van der Waals surface area contributed by atoms with E-state index in [1.165, 1.54) is 0 Å². The number of likely N-dealkylation sites (N-methyl/N-ethyl adjacent to an activating group) is 1. The predicted molar refractivity (Wildman–Crippen MR) is 77.0 cm³/mol. The fraction of sp³-hybridized carbons (Fsp3) is 0.867. The molecule has 1 aliphatic heterocycles. The van der Waals surface area contributed by atoms with E-state index in [0.29, 0.717) is 12.3 Å². The second-order valence-electron chi connectivity index (χ2n) is 6.44. The molecule has 1 rings (SSSR count). The first kappa shape index (κ1) is 16.2. The lowest BCUT2D eigenvalue weighted by atomic mass is 9.91. The molecule has 1 aliphatic rings. The van der Waals surface area contributed by atoms with Crippen LogP contribution in [-0.2, 0) is 9.59 Å². The number of likely N-dealkylation sites (tertiary alicyclic amines) is 1. The van der Waals surface area contributed by atoms with Crippen molar-refractivity contribution in [3.8, 4) is 0 Å². The van der Waals surface area contributed by atoms with Gasteiger partial charge >= 0.3 is 0 Å². The summed E-state index contributed by atoms with van der Waals surface area (Å²) in [5.41, 5.74) is -0.283. The van der Waals surface area contributed by atoms with Crippen molar-refractivity contribution < 1.29 is 9.59 Å². The minimum atomic E-state index is -0.283. The second kappa shape index (κ2) is 6.51. The standard InChI is InChI=1S/C15H28N2O2/c1-11(2)9-13(16-5)14(19)17-8-6-7-15(17,4)10-12(3)18/h11,13,16H,6-10H2,1-5H3/t13-,15-/m0/s1.